The number of anilines is 1. The van der Waals surface area contributed by atoms with Crippen molar-refractivity contribution in [3.8, 4) is 0 Å². The van der Waals surface area contributed by atoms with Crippen molar-refractivity contribution in [3.63, 3.8) is 0 Å². The maximum absolute atomic E-state index is 13.8. The maximum Gasteiger partial charge on any atom is 0.150 e. The Hall–Kier alpha value is -1.46. The summed E-state index contributed by atoms with van der Waals surface area (Å²) in [5, 5.41) is 3.01. The average Bonchev–Trinajstić information content (AvgIpc) is 2.46. The van der Waals surface area contributed by atoms with Crippen LogP contribution in [0.15, 0.2) is 40.9 Å². The fourth-order valence-corrected chi connectivity index (χ4v) is 3.10. The van der Waals surface area contributed by atoms with E-state index < -0.39 is 11.6 Å². The van der Waals surface area contributed by atoms with Gasteiger partial charge in [0.1, 0.15) is 11.6 Å². The molecule has 0 fully saturated rings. The predicted molar refractivity (Wildman–Crippen MR) is 81.4 cm³/mol. The second-order valence-corrected chi connectivity index (χ2v) is 5.79. The third kappa shape index (κ3) is 3.09. The highest BCUT2D eigenvalue weighted by molar-refractivity contribution is 9.10. The lowest BCUT2D eigenvalue weighted by molar-refractivity contribution is 0.0513. The molecule has 110 valence electrons. The summed E-state index contributed by atoms with van der Waals surface area (Å²) in [5.41, 5.74) is 2.63. The van der Waals surface area contributed by atoms with Crippen molar-refractivity contribution in [2.45, 2.75) is 12.5 Å². The molecule has 1 unspecified atom stereocenters. The van der Waals surface area contributed by atoms with Crippen molar-refractivity contribution < 1.29 is 13.5 Å². The summed E-state index contributed by atoms with van der Waals surface area (Å²) < 4.78 is 33.0. The van der Waals surface area contributed by atoms with E-state index in [1.54, 1.807) is 0 Å². The summed E-state index contributed by atoms with van der Waals surface area (Å²) in [7, 11) is 0. The fraction of sp³-hybridized carbons (Fsp3) is 0.250. The smallest absolute Gasteiger partial charge is 0.150 e. The highest BCUT2D eigenvalue weighted by Crippen LogP contribution is 2.30. The van der Waals surface area contributed by atoms with E-state index in [2.05, 4.69) is 27.3 Å². The van der Waals surface area contributed by atoms with Crippen LogP contribution in [0, 0.1) is 11.6 Å². The quantitative estimate of drug-likeness (QED) is 0.879. The van der Waals surface area contributed by atoms with Gasteiger partial charge in [-0.25, -0.2) is 8.78 Å². The van der Waals surface area contributed by atoms with Crippen LogP contribution in [0.2, 0.25) is 0 Å². The van der Waals surface area contributed by atoms with E-state index in [0.29, 0.717) is 17.6 Å². The van der Waals surface area contributed by atoms with Crippen LogP contribution in [0.4, 0.5) is 14.5 Å². The molecule has 0 bridgehead atoms. The summed E-state index contributed by atoms with van der Waals surface area (Å²) in [4.78, 5) is 0. The molecule has 0 amide bonds. The van der Waals surface area contributed by atoms with E-state index in [4.69, 9.17) is 4.74 Å². The van der Waals surface area contributed by atoms with Crippen LogP contribution < -0.4 is 5.32 Å². The van der Waals surface area contributed by atoms with Gasteiger partial charge >= 0.3 is 0 Å². The molecule has 2 nitrogen and oxygen atoms in total. The monoisotopic (exact) mass is 353 g/mol. The van der Waals surface area contributed by atoms with Crippen molar-refractivity contribution in [2.24, 2.45) is 0 Å². The van der Waals surface area contributed by atoms with Crippen molar-refractivity contribution in [2.75, 3.05) is 18.5 Å². The van der Waals surface area contributed by atoms with Gasteiger partial charge in [0.05, 0.1) is 18.4 Å². The lowest BCUT2D eigenvalue weighted by atomic mass is 9.97. The van der Waals surface area contributed by atoms with Crippen molar-refractivity contribution in [1.82, 2.24) is 0 Å². The number of ether oxygens (including phenoxy) is 1. The van der Waals surface area contributed by atoms with Gasteiger partial charge in [0, 0.05) is 17.1 Å². The molecular weight excluding hydrogens is 340 g/mol. The Kier molecular flexibility index (Phi) is 4.22. The SMILES string of the molecule is Fc1cc(F)c(NCC2OCCc3ccccc32)c(Br)c1. The Labute approximate surface area is 130 Å². The van der Waals surface area contributed by atoms with E-state index in [9.17, 15) is 8.78 Å². The first-order valence-electron chi connectivity index (χ1n) is 6.73. The normalized spacial score (nSPS) is 17.4. The van der Waals surface area contributed by atoms with E-state index in [1.807, 2.05) is 18.2 Å². The van der Waals surface area contributed by atoms with Crippen molar-refractivity contribution >= 4 is 21.6 Å². The first-order valence-corrected chi connectivity index (χ1v) is 7.52. The zero-order chi connectivity index (χ0) is 14.8. The Bertz CT molecular complexity index is 639. The Morgan fingerprint density at radius 3 is 2.86 bits per heavy atom. The molecule has 2 aromatic carbocycles. The molecule has 1 aliphatic rings. The molecule has 0 aliphatic carbocycles. The molecule has 0 spiro atoms. The first-order chi connectivity index (χ1) is 10.1. The third-order valence-electron chi connectivity index (χ3n) is 3.56. The van der Waals surface area contributed by atoms with Gasteiger partial charge in [-0.1, -0.05) is 24.3 Å². The van der Waals surface area contributed by atoms with Gasteiger partial charge in [-0.05, 0) is 39.5 Å². The molecule has 1 N–H and O–H groups in total. The molecule has 5 heteroatoms. The van der Waals surface area contributed by atoms with Crippen LogP contribution in [0.25, 0.3) is 0 Å². The third-order valence-corrected chi connectivity index (χ3v) is 4.19. The van der Waals surface area contributed by atoms with Crippen LogP contribution in [0.1, 0.15) is 17.2 Å². The van der Waals surface area contributed by atoms with Crippen LogP contribution in [0.5, 0.6) is 0 Å². The zero-order valence-electron chi connectivity index (χ0n) is 11.2. The van der Waals surface area contributed by atoms with Gasteiger partial charge in [-0.3, -0.25) is 0 Å². The molecule has 3 rings (SSSR count). The Morgan fingerprint density at radius 1 is 1.24 bits per heavy atom. The summed E-state index contributed by atoms with van der Waals surface area (Å²) >= 11 is 3.17. The molecule has 0 saturated heterocycles. The van der Waals surface area contributed by atoms with E-state index in [0.717, 1.165) is 18.1 Å². The number of rotatable bonds is 3. The van der Waals surface area contributed by atoms with E-state index in [-0.39, 0.29) is 11.8 Å². The highest BCUT2D eigenvalue weighted by atomic mass is 79.9. The van der Waals surface area contributed by atoms with Crippen molar-refractivity contribution in [3.05, 3.63) is 63.6 Å². The molecular formula is C16H14BrF2NO. The number of hydrogen-bond acceptors (Lipinski definition) is 2. The molecule has 2 aromatic rings. The minimum Gasteiger partial charge on any atom is -0.379 e. The summed E-state index contributed by atoms with van der Waals surface area (Å²) in [6.07, 6.45) is 0.757. The zero-order valence-corrected chi connectivity index (χ0v) is 12.8. The topological polar surface area (TPSA) is 21.3 Å². The van der Waals surface area contributed by atoms with Crippen LogP contribution in [-0.2, 0) is 11.2 Å². The Morgan fingerprint density at radius 2 is 2.05 bits per heavy atom. The molecule has 1 atom stereocenters. The number of fused-ring (bicyclic) bond motifs is 1. The first kappa shape index (κ1) is 14.5. The standard InChI is InChI=1S/C16H14BrF2NO/c17-13-7-11(18)8-14(19)16(13)20-9-15-12-4-2-1-3-10(12)5-6-21-15/h1-4,7-8,15,20H,5-6,9H2. The lowest BCUT2D eigenvalue weighted by Crippen LogP contribution is -2.23. The van der Waals surface area contributed by atoms with Gasteiger partial charge in [0.2, 0.25) is 0 Å². The largest absolute Gasteiger partial charge is 0.379 e. The van der Waals surface area contributed by atoms with Crippen LogP contribution >= 0.6 is 15.9 Å². The molecule has 21 heavy (non-hydrogen) atoms. The molecule has 0 saturated carbocycles. The molecule has 0 radical (unpaired) electrons. The number of hydrogen-bond donors (Lipinski definition) is 1. The fourth-order valence-electron chi connectivity index (χ4n) is 2.55. The molecule has 1 heterocycles. The van der Waals surface area contributed by atoms with Gasteiger partial charge in [-0.15, -0.1) is 0 Å². The summed E-state index contributed by atoms with van der Waals surface area (Å²) in [5.74, 6) is -1.23. The minimum atomic E-state index is -0.619. The molecule has 1 aliphatic heterocycles. The highest BCUT2D eigenvalue weighted by Gasteiger charge is 2.21. The van der Waals surface area contributed by atoms with Gasteiger partial charge in [0.25, 0.3) is 0 Å². The van der Waals surface area contributed by atoms with Crippen LogP contribution in [-0.4, -0.2) is 13.2 Å². The van der Waals surface area contributed by atoms with Gasteiger partial charge in [0.15, 0.2) is 0 Å². The van der Waals surface area contributed by atoms with Gasteiger partial charge < -0.3 is 10.1 Å². The predicted octanol–water partition coefficient (Wildman–Crippen LogP) is 4.45. The number of nitrogens with one attached hydrogen (secondary N) is 1. The maximum atomic E-state index is 13.8. The average molecular weight is 354 g/mol. The second-order valence-electron chi connectivity index (χ2n) is 4.93. The molecule has 0 aromatic heterocycles. The Balaban J connectivity index is 1.78. The number of halogens is 3. The van der Waals surface area contributed by atoms with E-state index in [1.165, 1.54) is 11.6 Å². The minimum absolute atomic E-state index is 0.133. The van der Waals surface area contributed by atoms with Gasteiger partial charge in [-0.2, -0.15) is 0 Å². The number of benzene rings is 2. The summed E-state index contributed by atoms with van der Waals surface area (Å²) in [6, 6.07) is 10.2. The summed E-state index contributed by atoms with van der Waals surface area (Å²) in [6.45, 7) is 1.08. The second kappa shape index (κ2) is 6.12. The van der Waals surface area contributed by atoms with E-state index >= 15 is 0 Å². The van der Waals surface area contributed by atoms with Crippen molar-refractivity contribution in [1.29, 1.82) is 0 Å². The van der Waals surface area contributed by atoms with Crippen LogP contribution in [0.3, 0.4) is 0 Å². The lowest BCUT2D eigenvalue weighted by Gasteiger charge is -2.26.